The predicted molar refractivity (Wildman–Crippen MR) is 261 cm³/mol. The number of thiophene rings is 1. The molecule has 0 aliphatic heterocycles. The molecule has 0 N–H and O–H groups in total. The van der Waals surface area contributed by atoms with Crippen LogP contribution in [0.1, 0.15) is 0 Å². The summed E-state index contributed by atoms with van der Waals surface area (Å²) in [6.45, 7) is 0. The zero-order chi connectivity index (χ0) is 40.2. The quantitative estimate of drug-likeness (QED) is 0.178. The molecule has 0 aliphatic rings. The first kappa shape index (κ1) is 32.8. The average molecular weight is 806 g/mol. The maximum absolute atomic E-state index is 5.80. The molecule has 286 valence electrons. The summed E-state index contributed by atoms with van der Waals surface area (Å²) in [6, 6.07) is 68.5. The molecule has 6 aromatic heterocycles. The smallest absolute Gasteiger partial charge is 0.237 e. The summed E-state index contributed by atoms with van der Waals surface area (Å²) in [5.74, 6) is 1.54. The highest BCUT2D eigenvalue weighted by Crippen LogP contribution is 2.48. The first-order valence-electron chi connectivity index (χ1n) is 21.1. The van der Waals surface area contributed by atoms with Gasteiger partial charge in [0.15, 0.2) is 5.82 Å². The van der Waals surface area contributed by atoms with Crippen molar-refractivity contribution in [2.24, 2.45) is 0 Å². The first-order chi connectivity index (χ1) is 30.8. The third-order valence-electron chi connectivity index (χ3n) is 13.4. The Balaban J connectivity index is 1.13. The van der Waals surface area contributed by atoms with Gasteiger partial charge in [-0.1, -0.05) is 140 Å². The number of hydrogen-bond donors (Lipinski definition) is 0. The molecule has 62 heavy (non-hydrogen) atoms. The summed E-state index contributed by atoms with van der Waals surface area (Å²) in [7, 11) is 0. The molecule has 0 atom stereocenters. The highest BCUT2D eigenvalue weighted by Gasteiger charge is 2.27. The van der Waals surface area contributed by atoms with Crippen molar-refractivity contribution in [2.45, 2.75) is 0 Å². The zero-order valence-corrected chi connectivity index (χ0v) is 33.9. The predicted octanol–water partition coefficient (Wildman–Crippen LogP) is 15.0. The maximum atomic E-state index is 5.80. The molecule has 6 heteroatoms. The van der Waals surface area contributed by atoms with Crippen LogP contribution in [0, 0.1) is 0 Å². The van der Waals surface area contributed by atoms with Gasteiger partial charge in [-0.15, -0.1) is 11.3 Å². The second-order valence-corrected chi connectivity index (χ2v) is 17.6. The first-order valence-corrected chi connectivity index (χ1v) is 21.9. The van der Waals surface area contributed by atoms with Gasteiger partial charge in [0.2, 0.25) is 5.95 Å². The van der Waals surface area contributed by atoms with Crippen molar-refractivity contribution in [2.75, 3.05) is 0 Å². The number of aromatic nitrogens is 5. The Hall–Kier alpha value is -8.06. The maximum Gasteiger partial charge on any atom is 0.237 e. The molecule has 15 rings (SSSR count). The molecular formula is C56H31N5S. The number of fused-ring (bicyclic) bond motifs is 18. The van der Waals surface area contributed by atoms with E-state index >= 15 is 0 Å². The van der Waals surface area contributed by atoms with E-state index in [1.165, 1.54) is 86.2 Å². The van der Waals surface area contributed by atoms with Gasteiger partial charge in [-0.05, 0) is 70.4 Å². The fraction of sp³-hybridized carbons (Fsp3) is 0. The van der Waals surface area contributed by atoms with E-state index in [2.05, 4.69) is 202 Å². The third-order valence-corrected chi connectivity index (χ3v) is 14.5. The Morgan fingerprint density at radius 3 is 1.84 bits per heavy atom. The van der Waals surface area contributed by atoms with Crippen LogP contribution in [0.25, 0.3) is 136 Å². The molecule has 0 fully saturated rings. The molecule has 0 saturated carbocycles. The second-order valence-electron chi connectivity index (χ2n) is 16.5. The number of benzene rings is 9. The van der Waals surface area contributed by atoms with Gasteiger partial charge in [-0.3, -0.25) is 9.13 Å². The zero-order valence-electron chi connectivity index (χ0n) is 33.0. The van der Waals surface area contributed by atoms with Gasteiger partial charge in [-0.25, -0.2) is 4.98 Å². The van der Waals surface area contributed by atoms with Crippen LogP contribution in [0.2, 0.25) is 0 Å². The van der Waals surface area contributed by atoms with E-state index in [0.29, 0.717) is 5.95 Å². The summed E-state index contributed by atoms with van der Waals surface area (Å²) in [5, 5.41) is 13.3. The minimum absolute atomic E-state index is 0.656. The number of nitrogens with zero attached hydrogens (tertiary/aromatic N) is 5. The summed E-state index contributed by atoms with van der Waals surface area (Å²) < 4.78 is 9.49. The number of hydrogen-bond acceptors (Lipinski definition) is 3. The second kappa shape index (κ2) is 11.8. The summed E-state index contributed by atoms with van der Waals surface area (Å²) in [5.41, 5.74) is 11.5. The Kier molecular flexibility index (Phi) is 6.24. The van der Waals surface area contributed by atoms with Crippen LogP contribution >= 0.6 is 11.3 Å². The average Bonchev–Trinajstić information content (AvgIpc) is 4.13. The molecule has 9 aromatic carbocycles. The molecule has 0 spiro atoms. The van der Waals surface area contributed by atoms with Crippen LogP contribution in [0.5, 0.6) is 0 Å². The lowest BCUT2D eigenvalue weighted by atomic mass is 10.00. The number of rotatable bonds is 3. The molecule has 15 aromatic rings. The van der Waals surface area contributed by atoms with Crippen LogP contribution in [0.4, 0.5) is 0 Å². The normalized spacial score (nSPS) is 12.5. The van der Waals surface area contributed by atoms with Gasteiger partial charge in [0.25, 0.3) is 0 Å². The van der Waals surface area contributed by atoms with Gasteiger partial charge in [-0.2, -0.15) is 4.98 Å². The van der Waals surface area contributed by atoms with E-state index in [-0.39, 0.29) is 0 Å². The Morgan fingerprint density at radius 2 is 1.00 bits per heavy atom. The van der Waals surface area contributed by atoms with Crippen LogP contribution in [-0.4, -0.2) is 23.5 Å². The van der Waals surface area contributed by atoms with Crippen molar-refractivity contribution in [3.8, 4) is 22.9 Å². The molecule has 0 radical (unpaired) electrons. The van der Waals surface area contributed by atoms with Gasteiger partial charge >= 0.3 is 0 Å². The highest BCUT2D eigenvalue weighted by atomic mass is 32.1. The van der Waals surface area contributed by atoms with Crippen LogP contribution < -0.4 is 0 Å². The van der Waals surface area contributed by atoms with Gasteiger partial charge in [0.1, 0.15) is 0 Å². The van der Waals surface area contributed by atoms with Crippen molar-refractivity contribution in [1.29, 1.82) is 0 Å². The van der Waals surface area contributed by atoms with Crippen molar-refractivity contribution < 1.29 is 0 Å². The van der Waals surface area contributed by atoms with Gasteiger partial charge in [0.05, 0.1) is 48.8 Å². The van der Waals surface area contributed by atoms with Crippen molar-refractivity contribution in [1.82, 2.24) is 23.5 Å². The van der Waals surface area contributed by atoms with Crippen molar-refractivity contribution in [3.05, 3.63) is 188 Å². The molecule has 0 aliphatic carbocycles. The van der Waals surface area contributed by atoms with Gasteiger partial charge < -0.3 is 4.40 Å². The Morgan fingerprint density at radius 1 is 0.371 bits per heavy atom. The SMILES string of the molecule is c1ccc(-c2ccc3c(c2)c2cc4c5ccccc5n(-c5nc(-n6c7ccccc7c7c8ccccc8ccc76)c6sc7ccccc7c6n5)c4c4c5ccccc5n3c24)cc1. The molecular weight excluding hydrogens is 775 g/mol. The highest BCUT2D eigenvalue weighted by molar-refractivity contribution is 7.26. The van der Waals surface area contributed by atoms with E-state index in [1.54, 1.807) is 11.3 Å². The molecule has 5 nitrogen and oxygen atoms in total. The fourth-order valence-corrected chi connectivity index (χ4v) is 11.9. The Bertz CT molecular complexity index is 4390. The summed E-state index contributed by atoms with van der Waals surface area (Å²) in [4.78, 5) is 11.4. The molecule has 0 bridgehead atoms. The standard InChI is InChI=1S/C56H31N5S/c1-2-14-32(15-3-1)34-27-28-46-40(30-34)42-31-41-36-18-6-10-22-43(36)61(53(41)50-38-20-8-11-23-44(38)59(46)52(42)50)56-57-51-39-21-9-13-25-48(39)62-54(51)55(58-56)60-45-24-12-7-19-37(45)49-35-17-5-4-16-33(35)26-29-47(49)60/h1-31H. The Labute approximate surface area is 356 Å². The molecule has 0 amide bonds. The van der Waals surface area contributed by atoms with E-state index in [0.717, 1.165) is 43.5 Å². The van der Waals surface area contributed by atoms with Crippen molar-refractivity contribution >= 4 is 124 Å². The minimum atomic E-state index is 0.656. The molecule has 0 saturated heterocycles. The van der Waals surface area contributed by atoms with E-state index < -0.39 is 0 Å². The fourth-order valence-electron chi connectivity index (χ4n) is 10.8. The van der Waals surface area contributed by atoms with Crippen LogP contribution in [-0.2, 0) is 0 Å². The lowest BCUT2D eigenvalue weighted by Crippen LogP contribution is -2.06. The minimum Gasteiger partial charge on any atom is -0.308 e. The van der Waals surface area contributed by atoms with Crippen LogP contribution in [0.3, 0.4) is 0 Å². The topological polar surface area (TPSA) is 40.0 Å². The summed E-state index contributed by atoms with van der Waals surface area (Å²) in [6.07, 6.45) is 0. The number of para-hydroxylation sites is 3. The lowest BCUT2D eigenvalue weighted by molar-refractivity contribution is 0.978. The summed E-state index contributed by atoms with van der Waals surface area (Å²) >= 11 is 1.77. The van der Waals surface area contributed by atoms with Crippen LogP contribution in [0.15, 0.2) is 188 Å². The molecule has 0 unspecified atom stereocenters. The monoisotopic (exact) mass is 805 g/mol. The lowest BCUT2D eigenvalue weighted by Gasteiger charge is -2.13. The third kappa shape index (κ3) is 4.12. The molecule has 6 heterocycles. The van der Waals surface area contributed by atoms with E-state index in [4.69, 9.17) is 9.97 Å². The largest absolute Gasteiger partial charge is 0.308 e. The van der Waals surface area contributed by atoms with Gasteiger partial charge in [0, 0.05) is 53.2 Å². The van der Waals surface area contributed by atoms with Crippen molar-refractivity contribution in [3.63, 3.8) is 0 Å². The van der Waals surface area contributed by atoms with E-state index in [9.17, 15) is 0 Å². The van der Waals surface area contributed by atoms with E-state index in [1.807, 2.05) is 0 Å².